The molecule has 108 valence electrons. The quantitative estimate of drug-likeness (QED) is 0.662. The van der Waals surface area contributed by atoms with Crippen molar-refractivity contribution in [3.63, 3.8) is 0 Å². The van der Waals surface area contributed by atoms with E-state index in [-0.39, 0.29) is 0 Å². The van der Waals surface area contributed by atoms with Crippen molar-refractivity contribution in [2.45, 2.75) is 16.3 Å². The monoisotopic (exact) mass is 355 g/mol. The van der Waals surface area contributed by atoms with E-state index in [2.05, 4.69) is 21.4 Å². The Hall–Kier alpha value is -1.01. The lowest BCUT2D eigenvalue weighted by Gasteiger charge is -2.08. The fourth-order valence-corrected chi connectivity index (χ4v) is 4.30. The first-order chi connectivity index (χ1) is 10.2. The normalized spacial score (nSPS) is 11.0. The standard InChI is InChI=1S/C14H11Cl2N3S2/c1-2-17-12-8(15)7-9(16)13(19-12)21-14-18-10-5-3-4-6-11(10)20-14/h3-7H,2H2,1H3,(H,17,19). The van der Waals surface area contributed by atoms with Gasteiger partial charge < -0.3 is 5.32 Å². The van der Waals surface area contributed by atoms with E-state index >= 15 is 0 Å². The van der Waals surface area contributed by atoms with Crippen molar-refractivity contribution >= 4 is 62.3 Å². The van der Waals surface area contributed by atoms with Gasteiger partial charge in [-0.1, -0.05) is 35.3 Å². The van der Waals surface area contributed by atoms with E-state index in [0.29, 0.717) is 20.9 Å². The largest absolute Gasteiger partial charge is 0.369 e. The van der Waals surface area contributed by atoms with E-state index in [9.17, 15) is 0 Å². The third-order valence-corrected chi connectivity index (χ3v) is 5.49. The molecule has 3 nitrogen and oxygen atoms in total. The van der Waals surface area contributed by atoms with E-state index in [1.165, 1.54) is 11.8 Å². The summed E-state index contributed by atoms with van der Waals surface area (Å²) < 4.78 is 2.06. The van der Waals surface area contributed by atoms with Crippen LogP contribution in [0, 0.1) is 0 Å². The predicted octanol–water partition coefficient (Wildman–Crippen LogP) is 5.58. The van der Waals surface area contributed by atoms with Gasteiger partial charge >= 0.3 is 0 Å². The van der Waals surface area contributed by atoms with Crippen LogP contribution in [-0.2, 0) is 0 Å². The molecule has 1 aromatic carbocycles. The molecule has 1 N–H and O–H groups in total. The summed E-state index contributed by atoms with van der Waals surface area (Å²) in [6.45, 7) is 2.74. The summed E-state index contributed by atoms with van der Waals surface area (Å²) in [6.07, 6.45) is 0. The maximum Gasteiger partial charge on any atom is 0.157 e. The number of hydrogen-bond donors (Lipinski definition) is 1. The van der Waals surface area contributed by atoms with Crippen LogP contribution < -0.4 is 5.32 Å². The summed E-state index contributed by atoms with van der Waals surface area (Å²) in [5, 5.41) is 4.89. The SMILES string of the molecule is CCNc1nc(Sc2nc3ccccc3s2)c(Cl)cc1Cl. The summed E-state index contributed by atoms with van der Waals surface area (Å²) in [7, 11) is 0. The van der Waals surface area contributed by atoms with Crippen LogP contribution in [0.15, 0.2) is 39.7 Å². The Bertz CT molecular complexity index is 756. The molecule has 0 unspecified atom stereocenters. The first-order valence-electron chi connectivity index (χ1n) is 6.30. The van der Waals surface area contributed by atoms with Crippen LogP contribution in [0.5, 0.6) is 0 Å². The summed E-state index contributed by atoms with van der Waals surface area (Å²) in [4.78, 5) is 9.06. The lowest BCUT2D eigenvalue weighted by atomic mass is 10.3. The second kappa shape index (κ2) is 6.40. The fraction of sp³-hybridized carbons (Fsp3) is 0.143. The lowest BCUT2D eigenvalue weighted by Crippen LogP contribution is -2.00. The first-order valence-corrected chi connectivity index (χ1v) is 8.69. The van der Waals surface area contributed by atoms with Gasteiger partial charge in [0, 0.05) is 6.54 Å². The zero-order valence-electron chi connectivity index (χ0n) is 11.1. The van der Waals surface area contributed by atoms with Crippen molar-refractivity contribution in [3.05, 3.63) is 40.4 Å². The van der Waals surface area contributed by atoms with Crippen molar-refractivity contribution in [1.82, 2.24) is 9.97 Å². The highest BCUT2D eigenvalue weighted by Gasteiger charge is 2.13. The van der Waals surface area contributed by atoms with E-state index in [1.54, 1.807) is 17.4 Å². The number of pyridine rings is 1. The molecule has 2 heterocycles. The zero-order valence-corrected chi connectivity index (χ0v) is 14.2. The number of thiazole rings is 1. The van der Waals surface area contributed by atoms with Crippen LogP contribution in [0.3, 0.4) is 0 Å². The average molecular weight is 356 g/mol. The molecule has 0 aliphatic rings. The van der Waals surface area contributed by atoms with Gasteiger partial charge in [0.15, 0.2) is 4.34 Å². The van der Waals surface area contributed by atoms with Crippen molar-refractivity contribution in [2.24, 2.45) is 0 Å². The number of fused-ring (bicyclic) bond motifs is 1. The molecular formula is C14H11Cl2N3S2. The van der Waals surface area contributed by atoms with Crippen molar-refractivity contribution in [1.29, 1.82) is 0 Å². The number of halogens is 2. The van der Waals surface area contributed by atoms with Crippen LogP contribution in [0.4, 0.5) is 5.82 Å². The Balaban J connectivity index is 1.94. The first kappa shape index (κ1) is 14.9. The van der Waals surface area contributed by atoms with Gasteiger partial charge in [-0.25, -0.2) is 9.97 Å². The van der Waals surface area contributed by atoms with Crippen molar-refractivity contribution < 1.29 is 0 Å². The minimum Gasteiger partial charge on any atom is -0.369 e. The van der Waals surface area contributed by atoms with Gasteiger partial charge in [0.25, 0.3) is 0 Å². The highest BCUT2D eigenvalue weighted by molar-refractivity contribution is 8.01. The molecule has 21 heavy (non-hydrogen) atoms. The van der Waals surface area contributed by atoms with Crippen LogP contribution in [0.25, 0.3) is 10.2 Å². The van der Waals surface area contributed by atoms with Gasteiger partial charge in [-0.15, -0.1) is 11.3 Å². The molecule has 0 fully saturated rings. The van der Waals surface area contributed by atoms with Gasteiger partial charge in [0.05, 0.1) is 20.3 Å². The van der Waals surface area contributed by atoms with Gasteiger partial charge in [0.2, 0.25) is 0 Å². The third-order valence-electron chi connectivity index (χ3n) is 2.70. The Morgan fingerprint density at radius 2 is 2.00 bits per heavy atom. The van der Waals surface area contributed by atoms with Crippen molar-refractivity contribution in [2.75, 3.05) is 11.9 Å². The highest BCUT2D eigenvalue weighted by Crippen LogP contribution is 2.38. The Labute approximate surface area is 140 Å². The molecule has 2 aromatic heterocycles. The Morgan fingerprint density at radius 1 is 1.19 bits per heavy atom. The number of nitrogens with one attached hydrogen (secondary N) is 1. The minimum absolute atomic E-state index is 0.524. The van der Waals surface area contributed by atoms with Crippen LogP contribution >= 0.6 is 46.3 Å². The van der Waals surface area contributed by atoms with E-state index in [1.807, 2.05) is 25.1 Å². The smallest absolute Gasteiger partial charge is 0.157 e. The van der Waals surface area contributed by atoms with E-state index in [4.69, 9.17) is 23.2 Å². The van der Waals surface area contributed by atoms with Gasteiger partial charge in [-0.3, -0.25) is 0 Å². The topological polar surface area (TPSA) is 37.8 Å². The molecule has 3 aromatic rings. The summed E-state index contributed by atoms with van der Waals surface area (Å²) in [6, 6.07) is 9.75. The van der Waals surface area contributed by atoms with Gasteiger partial charge in [0.1, 0.15) is 10.8 Å². The minimum atomic E-state index is 0.524. The summed E-state index contributed by atoms with van der Waals surface area (Å²) >= 11 is 15.4. The Kier molecular flexibility index (Phi) is 4.54. The lowest BCUT2D eigenvalue weighted by molar-refractivity contribution is 1.08. The molecular weight excluding hydrogens is 345 g/mol. The Morgan fingerprint density at radius 3 is 2.76 bits per heavy atom. The summed E-state index contributed by atoms with van der Waals surface area (Å²) in [5.74, 6) is 0.646. The maximum atomic E-state index is 6.23. The molecule has 0 aliphatic heterocycles. The molecule has 0 atom stereocenters. The molecule has 0 amide bonds. The average Bonchev–Trinajstić information content (AvgIpc) is 2.86. The fourth-order valence-electron chi connectivity index (χ4n) is 1.79. The molecule has 0 saturated carbocycles. The predicted molar refractivity (Wildman–Crippen MR) is 92.2 cm³/mol. The molecule has 0 spiro atoms. The molecule has 3 rings (SSSR count). The van der Waals surface area contributed by atoms with Gasteiger partial charge in [-0.05, 0) is 36.9 Å². The number of aromatic nitrogens is 2. The molecule has 0 saturated heterocycles. The van der Waals surface area contributed by atoms with Crippen LogP contribution in [0.2, 0.25) is 10.0 Å². The maximum absolute atomic E-state index is 6.23. The zero-order chi connectivity index (χ0) is 14.8. The van der Waals surface area contributed by atoms with Crippen LogP contribution in [0.1, 0.15) is 6.92 Å². The second-order valence-electron chi connectivity index (χ2n) is 4.19. The molecule has 0 bridgehead atoms. The van der Waals surface area contributed by atoms with Crippen molar-refractivity contribution in [3.8, 4) is 0 Å². The number of hydrogen-bond acceptors (Lipinski definition) is 5. The number of rotatable bonds is 4. The highest BCUT2D eigenvalue weighted by atomic mass is 35.5. The van der Waals surface area contributed by atoms with E-state index < -0.39 is 0 Å². The summed E-state index contributed by atoms with van der Waals surface area (Å²) in [5.41, 5.74) is 0.988. The molecule has 0 aliphatic carbocycles. The molecule has 0 radical (unpaired) electrons. The number of benzene rings is 1. The number of para-hydroxylation sites is 1. The second-order valence-corrected chi connectivity index (χ2v) is 7.27. The van der Waals surface area contributed by atoms with Crippen LogP contribution in [-0.4, -0.2) is 16.5 Å². The van der Waals surface area contributed by atoms with Gasteiger partial charge in [-0.2, -0.15) is 0 Å². The van der Waals surface area contributed by atoms with E-state index in [0.717, 1.165) is 21.1 Å². The number of anilines is 1. The molecule has 7 heteroatoms. The number of nitrogens with zero attached hydrogens (tertiary/aromatic N) is 2. The third kappa shape index (κ3) is 3.26.